The van der Waals surface area contributed by atoms with Gasteiger partial charge in [0, 0.05) is 15.1 Å². The van der Waals surface area contributed by atoms with Gasteiger partial charge in [0.15, 0.2) is 5.78 Å². The first kappa shape index (κ1) is 16.4. The summed E-state index contributed by atoms with van der Waals surface area (Å²) >= 11 is 33.1. The average molecular weight is 433 g/mol. The van der Waals surface area contributed by atoms with Gasteiger partial charge in [0.2, 0.25) is 0 Å². The Morgan fingerprint density at radius 3 is 2.10 bits per heavy atom. The number of hydrogen-bond acceptors (Lipinski definition) is 1. The van der Waals surface area contributed by atoms with Crippen LogP contribution in [0.25, 0.3) is 0 Å². The zero-order valence-corrected chi connectivity index (χ0v) is 14.9. The summed E-state index contributed by atoms with van der Waals surface area (Å²) in [5.74, 6) is -0.387. The second kappa shape index (κ2) is 6.43. The monoisotopic (exact) mass is 430 g/mol. The lowest BCUT2D eigenvalue weighted by Gasteiger charge is -2.10. The summed E-state index contributed by atoms with van der Waals surface area (Å²) in [5.41, 5.74) is 0.434. The van der Waals surface area contributed by atoms with Crippen LogP contribution in [0.3, 0.4) is 0 Å². The van der Waals surface area contributed by atoms with Crippen molar-refractivity contribution in [3.63, 3.8) is 0 Å². The molecule has 0 aliphatic heterocycles. The molecule has 20 heavy (non-hydrogen) atoms. The Morgan fingerprint density at radius 1 is 0.850 bits per heavy atom. The molecule has 2 aromatic rings. The number of ketones is 1. The van der Waals surface area contributed by atoms with Gasteiger partial charge >= 0.3 is 0 Å². The fourth-order valence-electron chi connectivity index (χ4n) is 1.60. The number of carbonyl (C=O) groups is 1. The number of rotatable bonds is 2. The van der Waals surface area contributed by atoms with Gasteiger partial charge in [0.25, 0.3) is 0 Å². The Labute approximate surface area is 148 Å². The van der Waals surface area contributed by atoms with E-state index in [1.165, 1.54) is 12.1 Å². The summed E-state index contributed by atoms with van der Waals surface area (Å²) in [6.07, 6.45) is 0. The first-order chi connectivity index (χ1) is 9.31. The molecule has 0 bridgehead atoms. The molecule has 0 fully saturated rings. The van der Waals surface area contributed by atoms with Crippen molar-refractivity contribution in [3.8, 4) is 0 Å². The molecule has 2 aromatic carbocycles. The van der Waals surface area contributed by atoms with Crippen molar-refractivity contribution in [2.45, 2.75) is 0 Å². The van der Waals surface area contributed by atoms with Crippen LogP contribution < -0.4 is 0 Å². The minimum Gasteiger partial charge on any atom is -0.288 e. The third kappa shape index (κ3) is 3.27. The van der Waals surface area contributed by atoms with Crippen molar-refractivity contribution in [1.29, 1.82) is 0 Å². The van der Waals surface area contributed by atoms with E-state index in [1.54, 1.807) is 12.1 Å². The topological polar surface area (TPSA) is 17.1 Å². The van der Waals surface area contributed by atoms with E-state index >= 15 is 0 Å². The predicted octanol–water partition coefficient (Wildman–Crippen LogP) is 6.95. The van der Waals surface area contributed by atoms with Crippen molar-refractivity contribution in [2.24, 2.45) is 0 Å². The van der Waals surface area contributed by atoms with E-state index < -0.39 is 0 Å². The van der Waals surface area contributed by atoms with Gasteiger partial charge in [-0.25, -0.2) is 0 Å². The lowest BCUT2D eigenvalue weighted by atomic mass is 10.0. The van der Waals surface area contributed by atoms with Crippen LogP contribution in [0.4, 0.5) is 0 Å². The largest absolute Gasteiger partial charge is 0.288 e. The van der Waals surface area contributed by atoms with E-state index in [9.17, 15) is 4.79 Å². The van der Waals surface area contributed by atoms with Gasteiger partial charge in [-0.1, -0.05) is 73.9 Å². The van der Waals surface area contributed by atoms with Crippen LogP contribution in [0.1, 0.15) is 15.9 Å². The molecule has 0 amide bonds. The molecule has 0 aliphatic carbocycles. The maximum absolute atomic E-state index is 12.5. The molecule has 0 unspecified atom stereocenters. The second-order valence-corrected chi connectivity index (χ2v) is 6.75. The predicted molar refractivity (Wildman–Crippen MR) is 89.1 cm³/mol. The number of hydrogen-bond donors (Lipinski definition) is 0. The summed E-state index contributed by atoms with van der Waals surface area (Å²) < 4.78 is 0.667. The van der Waals surface area contributed by atoms with Crippen LogP contribution in [0, 0.1) is 0 Å². The van der Waals surface area contributed by atoms with Crippen LogP contribution in [0.15, 0.2) is 28.7 Å². The lowest BCUT2D eigenvalue weighted by molar-refractivity contribution is 0.103. The second-order valence-electron chi connectivity index (χ2n) is 3.83. The molecule has 104 valence electrons. The van der Waals surface area contributed by atoms with Gasteiger partial charge in [-0.2, -0.15) is 0 Å². The zero-order chi connectivity index (χ0) is 15.0. The molecule has 1 nitrogen and oxygen atoms in total. The quantitative estimate of drug-likeness (QED) is 0.285. The van der Waals surface area contributed by atoms with E-state index in [1.807, 2.05) is 0 Å². The molecular formula is C13H4BrCl5O. The number of benzene rings is 2. The molecule has 0 radical (unpaired) electrons. The SMILES string of the molecule is O=C(c1cc(Cl)cc(Br)c1)c1c(Cl)cc(Cl)c(Cl)c1Cl. The average Bonchev–Trinajstić information content (AvgIpc) is 2.34. The van der Waals surface area contributed by atoms with Crippen molar-refractivity contribution >= 4 is 79.7 Å². The lowest BCUT2D eigenvalue weighted by Crippen LogP contribution is -2.04. The van der Waals surface area contributed by atoms with Crippen molar-refractivity contribution < 1.29 is 4.79 Å². The normalized spacial score (nSPS) is 10.7. The highest BCUT2D eigenvalue weighted by molar-refractivity contribution is 9.10. The van der Waals surface area contributed by atoms with E-state index in [2.05, 4.69) is 15.9 Å². The van der Waals surface area contributed by atoms with Crippen LogP contribution in [-0.2, 0) is 0 Å². The van der Waals surface area contributed by atoms with Crippen molar-refractivity contribution in [1.82, 2.24) is 0 Å². The van der Waals surface area contributed by atoms with Crippen LogP contribution >= 0.6 is 73.9 Å². The highest BCUT2D eigenvalue weighted by atomic mass is 79.9. The van der Waals surface area contributed by atoms with Gasteiger partial charge in [0.05, 0.1) is 25.7 Å². The Hall–Kier alpha value is 0.0400. The fourth-order valence-corrected chi connectivity index (χ4v) is 3.55. The smallest absolute Gasteiger partial charge is 0.196 e. The molecule has 0 atom stereocenters. The minimum atomic E-state index is -0.387. The molecular weight excluding hydrogens is 429 g/mol. The van der Waals surface area contributed by atoms with Gasteiger partial charge in [0.1, 0.15) is 0 Å². The molecule has 0 saturated heterocycles. The van der Waals surface area contributed by atoms with E-state index in [0.717, 1.165) is 0 Å². The standard InChI is InChI=1S/C13H4BrCl5O/c14-6-1-5(2-7(15)3-6)13(20)10-8(16)4-9(17)11(18)12(10)19/h1-4H. The van der Waals surface area contributed by atoms with Gasteiger partial charge < -0.3 is 0 Å². The van der Waals surface area contributed by atoms with Crippen LogP contribution in [0.5, 0.6) is 0 Å². The molecule has 0 saturated carbocycles. The van der Waals surface area contributed by atoms with E-state index in [-0.39, 0.29) is 31.4 Å². The Bertz CT molecular complexity index is 694. The summed E-state index contributed by atoms with van der Waals surface area (Å²) in [6.45, 7) is 0. The van der Waals surface area contributed by atoms with Gasteiger partial charge in [-0.05, 0) is 24.3 Å². The van der Waals surface area contributed by atoms with Gasteiger partial charge in [-0.15, -0.1) is 0 Å². The van der Waals surface area contributed by atoms with Crippen molar-refractivity contribution in [2.75, 3.05) is 0 Å². The molecule has 2 rings (SSSR count). The molecule has 7 heteroatoms. The zero-order valence-electron chi connectivity index (χ0n) is 9.49. The molecule has 0 aliphatic rings. The van der Waals surface area contributed by atoms with Gasteiger partial charge in [-0.3, -0.25) is 4.79 Å². The fraction of sp³-hybridized carbons (Fsp3) is 0. The highest BCUT2D eigenvalue weighted by Crippen LogP contribution is 2.38. The number of carbonyl (C=O) groups excluding carboxylic acids is 1. The number of halogens is 6. The van der Waals surface area contributed by atoms with Crippen molar-refractivity contribution in [3.05, 3.63) is 65.0 Å². The third-order valence-electron chi connectivity index (χ3n) is 2.47. The molecule has 0 aromatic heterocycles. The highest BCUT2D eigenvalue weighted by Gasteiger charge is 2.21. The van der Waals surface area contributed by atoms with Crippen LogP contribution in [-0.4, -0.2) is 5.78 Å². The molecule has 0 spiro atoms. The molecule has 0 heterocycles. The third-order valence-corrected chi connectivity index (χ3v) is 4.70. The summed E-state index contributed by atoms with van der Waals surface area (Å²) in [4.78, 5) is 12.5. The first-order valence-electron chi connectivity index (χ1n) is 5.15. The Balaban J connectivity index is 2.62. The molecule has 0 N–H and O–H groups in total. The maximum atomic E-state index is 12.5. The van der Waals surface area contributed by atoms with Crippen LogP contribution in [0.2, 0.25) is 25.1 Å². The first-order valence-corrected chi connectivity index (χ1v) is 7.83. The summed E-state index contributed by atoms with van der Waals surface area (Å²) in [7, 11) is 0. The summed E-state index contributed by atoms with van der Waals surface area (Å²) in [6, 6.07) is 6.17. The van der Waals surface area contributed by atoms with E-state index in [0.29, 0.717) is 15.1 Å². The Morgan fingerprint density at radius 2 is 1.50 bits per heavy atom. The Kier molecular flexibility index (Phi) is 5.28. The maximum Gasteiger partial charge on any atom is 0.196 e. The minimum absolute atomic E-state index is 0.0188. The summed E-state index contributed by atoms with van der Waals surface area (Å²) in [5, 5.41) is 0.832. The van der Waals surface area contributed by atoms with E-state index in [4.69, 9.17) is 58.0 Å².